The molecule has 0 aliphatic heterocycles. The van der Waals surface area contributed by atoms with E-state index in [-0.39, 0.29) is 15.1 Å². The van der Waals surface area contributed by atoms with E-state index in [1.54, 1.807) is 0 Å². The molecule has 13 aromatic rings. The van der Waals surface area contributed by atoms with Crippen LogP contribution < -0.4 is 36.5 Å². The van der Waals surface area contributed by atoms with E-state index in [9.17, 15) is 0 Å². The van der Waals surface area contributed by atoms with Crippen LogP contribution in [0.25, 0.3) is 43.5 Å². The zero-order valence-corrected chi connectivity index (χ0v) is 49.1. The zero-order valence-electron chi connectivity index (χ0n) is 43.2. The summed E-state index contributed by atoms with van der Waals surface area (Å²) in [5.41, 5.74) is 4.16. The van der Waals surface area contributed by atoms with Gasteiger partial charge < -0.3 is 8.39 Å². The van der Waals surface area contributed by atoms with E-state index in [1.807, 2.05) is 0 Å². The van der Waals surface area contributed by atoms with Crippen LogP contribution >= 0.6 is 43.4 Å². The van der Waals surface area contributed by atoms with Crippen molar-refractivity contribution >= 4 is 119 Å². The first-order valence-electron chi connectivity index (χ1n) is 25.9. The molecule has 0 saturated heterocycles. The maximum absolute atomic E-state index is 6.87. The minimum atomic E-state index is -1.46. The Morgan fingerprint density at radius 2 is 0.544 bits per heavy atom. The predicted octanol–water partition coefficient (Wildman–Crippen LogP) is 18.2. The second-order valence-electron chi connectivity index (χ2n) is 18.3. The molecule has 0 fully saturated rings. The quantitative estimate of drug-likeness (QED) is 0.0955. The average Bonchev–Trinajstić information content (AvgIpc) is 3.94. The number of benzene rings is 12. The van der Waals surface area contributed by atoms with Crippen LogP contribution in [-0.4, -0.2) is 0 Å². The van der Waals surface area contributed by atoms with Gasteiger partial charge in [-0.15, -0.1) is 0 Å². The van der Waals surface area contributed by atoms with Gasteiger partial charge in [-0.2, -0.15) is 4.67 Å². The Morgan fingerprint density at radius 1 is 0.304 bits per heavy atom. The third-order valence-corrected chi connectivity index (χ3v) is 19.5. The summed E-state index contributed by atoms with van der Waals surface area (Å²) < 4.78 is 16.1. The summed E-state index contributed by atoms with van der Waals surface area (Å²) in [4.78, 5) is 0. The molecule has 3 nitrogen and oxygen atoms in total. The Labute approximate surface area is 482 Å². The third-order valence-electron chi connectivity index (χ3n) is 13.1. The van der Waals surface area contributed by atoms with Gasteiger partial charge in [-0.05, 0) is 92.5 Å². The van der Waals surface area contributed by atoms with Crippen molar-refractivity contribution in [3.05, 3.63) is 327 Å². The van der Waals surface area contributed by atoms with Crippen molar-refractivity contribution < 1.29 is 23.5 Å². The number of hydrogen-bond acceptors (Lipinski definition) is 3. The minimum absolute atomic E-state index is 0.346. The minimum Gasteiger partial charge on any atom is -0.408 e. The summed E-state index contributed by atoms with van der Waals surface area (Å²) in [6.07, 6.45) is 0. The molecule has 0 unspecified atom stereocenters. The number of halogens is 2. The van der Waals surface area contributed by atoms with Crippen molar-refractivity contribution in [1.29, 1.82) is 0 Å². The zero-order chi connectivity index (χ0) is 53.9. The average molecular weight is 1210 g/mol. The molecule has 0 amide bonds. The summed E-state index contributed by atoms with van der Waals surface area (Å²) in [6, 6.07) is 111. The van der Waals surface area contributed by atoms with Crippen molar-refractivity contribution in [3.63, 3.8) is 0 Å². The molecule has 0 spiro atoms. The van der Waals surface area contributed by atoms with Crippen LogP contribution in [0, 0.1) is 0 Å². The molecule has 0 bridgehead atoms. The van der Waals surface area contributed by atoms with E-state index in [0.717, 1.165) is 21.9 Å². The molecule has 0 N–H and O–H groups in total. The maximum atomic E-state index is 6.87. The SMILES string of the molecule is [Cl][Ru][Cl].c1ccc(CN(Cc2ccccc2)p2oc3ccc4ccccc4c3c3c(ccc4ccccc43)o2)cc1.c1ccc(P(c2ccccc2)c2ccccc2)cc1.c1ccc(P(c2ccccc2)c2ccccc2)cc1. The van der Waals surface area contributed by atoms with E-state index in [2.05, 4.69) is 320 Å². The molecule has 1 heterocycles. The van der Waals surface area contributed by atoms with Crippen molar-refractivity contribution in [1.82, 2.24) is 0 Å². The Hall–Kier alpha value is -6.92. The van der Waals surface area contributed by atoms with E-state index in [1.165, 1.54) is 64.5 Å². The fourth-order valence-electron chi connectivity index (χ4n) is 9.59. The first-order valence-corrected chi connectivity index (χ1v) is 34.2. The maximum Gasteiger partial charge on any atom is 0.310 e. The Balaban J connectivity index is 0.000000144. The van der Waals surface area contributed by atoms with Crippen molar-refractivity contribution in [2.45, 2.75) is 13.1 Å². The monoisotopic (exact) mass is 1210 g/mol. The van der Waals surface area contributed by atoms with Gasteiger partial charge in [0.15, 0.2) is 0 Å². The van der Waals surface area contributed by atoms with Gasteiger partial charge in [0.2, 0.25) is 0 Å². The summed E-state index contributed by atoms with van der Waals surface area (Å²) in [5, 5.41) is 15.3. The second kappa shape index (κ2) is 28.8. The number of rotatable bonds is 11. The number of fused-ring (bicyclic) bond motifs is 7. The van der Waals surface area contributed by atoms with E-state index in [0.29, 0.717) is 13.1 Å². The van der Waals surface area contributed by atoms with Crippen LogP contribution in [0.15, 0.2) is 324 Å². The van der Waals surface area contributed by atoms with Gasteiger partial charge in [0.1, 0.15) is 11.2 Å². The Bertz CT molecular complexity index is 3520. The van der Waals surface area contributed by atoms with Gasteiger partial charge in [-0.25, -0.2) is 0 Å². The second-order valence-corrected chi connectivity index (χ2v) is 26.8. The molecular weight excluding hydrogens is 1150 g/mol. The standard InChI is InChI=1S/C34H26NO2P.2C18H15P.2ClH.Ru/c1-3-11-25(12-4-1)23-35(24-26-13-5-2-6-14-26)38-36-31-21-19-27-15-7-9-17-29(27)33(31)34-30-18-10-8-16-28(30)20-22-32(34)37-38;2*1-4-10-16(11-5-1)19(17-12-6-2-7-13-17)18-14-8-3-9-15-18;;;/h1-22H,23-24H2;2*1-15H;2*1H;/q;;;;;+2/p-2. The van der Waals surface area contributed by atoms with Gasteiger partial charge in [0.05, 0.1) is 0 Å². The first kappa shape index (κ1) is 55.4. The van der Waals surface area contributed by atoms with Gasteiger partial charge in [0, 0.05) is 23.9 Å². The molecule has 1 aromatic heterocycles. The molecular formula is C70H56Cl2NO2P3Ru. The van der Waals surface area contributed by atoms with Gasteiger partial charge in [-0.1, -0.05) is 303 Å². The van der Waals surface area contributed by atoms with Crippen LogP contribution in [-0.2, 0) is 28.2 Å². The fourth-order valence-corrected chi connectivity index (χ4v) is 15.7. The third kappa shape index (κ3) is 14.5. The molecule has 0 aliphatic rings. The van der Waals surface area contributed by atoms with Crippen LogP contribution in [0.4, 0.5) is 0 Å². The Kier molecular flexibility index (Phi) is 20.2. The van der Waals surface area contributed by atoms with E-state index >= 15 is 0 Å². The van der Waals surface area contributed by atoms with Crippen molar-refractivity contribution in [2.75, 3.05) is 4.67 Å². The van der Waals surface area contributed by atoms with Crippen LogP contribution in [0.2, 0.25) is 0 Å². The normalized spacial score (nSPS) is 10.9. The predicted molar refractivity (Wildman–Crippen MR) is 342 cm³/mol. The molecule has 0 saturated carbocycles. The molecule has 12 aromatic carbocycles. The fraction of sp³-hybridized carbons (Fsp3) is 0.0286. The van der Waals surface area contributed by atoms with Crippen LogP contribution in [0.3, 0.4) is 0 Å². The summed E-state index contributed by atoms with van der Waals surface area (Å²) in [6.45, 7) is 1.43. The smallest absolute Gasteiger partial charge is 0.310 e. The summed E-state index contributed by atoms with van der Waals surface area (Å²) >= 11 is -0.346. The van der Waals surface area contributed by atoms with Gasteiger partial charge in [0.25, 0.3) is 0 Å². The van der Waals surface area contributed by atoms with Gasteiger partial charge >= 0.3 is 42.7 Å². The topological polar surface area (TPSA) is 29.5 Å². The summed E-state index contributed by atoms with van der Waals surface area (Å²) in [7, 11) is 7.36. The van der Waals surface area contributed by atoms with E-state index in [4.69, 9.17) is 27.8 Å². The van der Waals surface area contributed by atoms with Crippen molar-refractivity contribution in [3.8, 4) is 0 Å². The molecule has 13 rings (SSSR count). The number of hydrogen-bond donors (Lipinski definition) is 0. The largest absolute Gasteiger partial charge is 0.408 e. The van der Waals surface area contributed by atoms with Gasteiger partial charge in [-0.3, -0.25) is 0 Å². The molecule has 9 heteroatoms. The first-order chi connectivity index (χ1) is 39.1. The molecule has 0 radical (unpaired) electrons. The van der Waals surface area contributed by atoms with Crippen LogP contribution in [0.1, 0.15) is 11.1 Å². The molecule has 0 atom stereocenters. The molecule has 390 valence electrons. The number of nitrogens with zero attached hydrogens (tertiary/aromatic N) is 1. The summed E-state index contributed by atoms with van der Waals surface area (Å²) in [5.74, 6) is 0. The molecule has 79 heavy (non-hydrogen) atoms. The van der Waals surface area contributed by atoms with Crippen molar-refractivity contribution in [2.24, 2.45) is 0 Å². The van der Waals surface area contributed by atoms with Crippen LogP contribution in [0.5, 0.6) is 0 Å². The van der Waals surface area contributed by atoms with E-state index < -0.39 is 24.0 Å². The molecule has 0 aliphatic carbocycles. The Morgan fingerprint density at radius 3 is 0.823 bits per heavy atom.